The Morgan fingerprint density at radius 2 is 2.18 bits per heavy atom. The highest BCUT2D eigenvalue weighted by Crippen LogP contribution is 2.21. The Labute approximate surface area is 105 Å². The van der Waals surface area contributed by atoms with E-state index in [0.717, 1.165) is 11.4 Å². The Kier molecular flexibility index (Phi) is 4.18. The molecule has 0 aliphatic heterocycles. The first-order chi connectivity index (χ1) is 7.85. The third-order valence-corrected chi connectivity index (χ3v) is 2.98. The van der Waals surface area contributed by atoms with Gasteiger partial charge in [-0.3, -0.25) is 10.1 Å². The second kappa shape index (κ2) is 5.23. The van der Waals surface area contributed by atoms with Crippen molar-refractivity contribution in [1.29, 1.82) is 5.26 Å². The number of aromatic nitrogens is 2. The number of carbonyl (C=O) groups is 1. The number of nitrogens with one attached hydrogen (secondary N) is 1. The van der Waals surface area contributed by atoms with Crippen molar-refractivity contribution in [2.45, 2.75) is 34.1 Å². The molecule has 0 aliphatic carbocycles. The lowest BCUT2D eigenvalue weighted by atomic mass is 9.95. The van der Waals surface area contributed by atoms with Crippen LogP contribution in [0.25, 0.3) is 0 Å². The van der Waals surface area contributed by atoms with E-state index in [2.05, 4.69) is 29.4 Å². The van der Waals surface area contributed by atoms with Crippen molar-refractivity contribution in [3.8, 4) is 6.07 Å². The number of amides is 1. The molecule has 0 saturated carbocycles. The van der Waals surface area contributed by atoms with Gasteiger partial charge in [-0.05, 0) is 19.8 Å². The van der Waals surface area contributed by atoms with Gasteiger partial charge in [-0.2, -0.15) is 5.26 Å². The lowest BCUT2D eigenvalue weighted by Crippen LogP contribution is -2.29. The van der Waals surface area contributed by atoms with Crippen molar-refractivity contribution in [2.24, 2.45) is 11.3 Å². The summed E-state index contributed by atoms with van der Waals surface area (Å²) < 4.78 is 0. The molecule has 0 radical (unpaired) electrons. The molecule has 1 amide bonds. The predicted octanol–water partition coefficient (Wildman–Crippen LogP) is 2.22. The number of nitriles is 1. The molecule has 1 N–H and O–H groups in total. The summed E-state index contributed by atoms with van der Waals surface area (Å²) >= 11 is 1.35. The van der Waals surface area contributed by atoms with E-state index in [4.69, 9.17) is 5.26 Å². The van der Waals surface area contributed by atoms with Crippen molar-refractivity contribution < 1.29 is 4.79 Å². The van der Waals surface area contributed by atoms with Crippen LogP contribution < -0.4 is 5.32 Å². The molecule has 0 unspecified atom stereocenters. The molecule has 0 fully saturated rings. The molecule has 1 aromatic heterocycles. The van der Waals surface area contributed by atoms with Crippen molar-refractivity contribution in [3.05, 3.63) is 5.01 Å². The molecule has 0 spiro atoms. The molecule has 17 heavy (non-hydrogen) atoms. The molecule has 6 heteroatoms. The fraction of sp³-hybridized carbons (Fsp3) is 0.636. The molecule has 0 aromatic carbocycles. The minimum atomic E-state index is -1.05. The first kappa shape index (κ1) is 13.6. The maximum Gasteiger partial charge on any atom is 0.246 e. The minimum absolute atomic E-state index is 0.354. The molecule has 1 aromatic rings. The van der Waals surface area contributed by atoms with Crippen LogP contribution in [0.2, 0.25) is 0 Å². The molecule has 92 valence electrons. The van der Waals surface area contributed by atoms with Gasteiger partial charge in [-0.25, -0.2) is 0 Å². The summed E-state index contributed by atoms with van der Waals surface area (Å²) in [6, 6.07) is 1.94. The van der Waals surface area contributed by atoms with Crippen LogP contribution >= 0.6 is 11.3 Å². The molecular weight excluding hydrogens is 236 g/mol. The average molecular weight is 252 g/mol. The zero-order valence-electron chi connectivity index (χ0n) is 10.4. The standard InChI is InChI=1S/C11H16N4OS/c1-7(2)5-8-14-15-10(17-8)13-9(16)11(3,4)6-12/h7H,5H2,1-4H3,(H,13,15,16). The summed E-state index contributed by atoms with van der Waals surface area (Å²) in [4.78, 5) is 11.7. The van der Waals surface area contributed by atoms with Crippen molar-refractivity contribution in [1.82, 2.24) is 10.2 Å². The molecule has 0 atom stereocenters. The number of rotatable bonds is 4. The van der Waals surface area contributed by atoms with Gasteiger partial charge in [0.2, 0.25) is 11.0 Å². The third kappa shape index (κ3) is 3.79. The summed E-state index contributed by atoms with van der Waals surface area (Å²) in [5.74, 6) is 0.147. The second-order valence-corrected chi connectivity index (χ2v) is 5.85. The van der Waals surface area contributed by atoms with Crippen molar-refractivity contribution in [2.75, 3.05) is 5.32 Å². The number of hydrogen-bond acceptors (Lipinski definition) is 5. The van der Waals surface area contributed by atoms with Crippen LogP contribution in [0.4, 0.5) is 5.13 Å². The second-order valence-electron chi connectivity index (χ2n) is 4.79. The van der Waals surface area contributed by atoms with Gasteiger partial charge in [0.1, 0.15) is 10.4 Å². The van der Waals surface area contributed by atoms with Crippen LogP contribution in [-0.4, -0.2) is 16.1 Å². The highest BCUT2D eigenvalue weighted by atomic mass is 32.1. The van der Waals surface area contributed by atoms with Gasteiger partial charge in [0.05, 0.1) is 6.07 Å². The number of carbonyl (C=O) groups excluding carboxylic acids is 1. The fourth-order valence-electron chi connectivity index (χ4n) is 1.04. The van der Waals surface area contributed by atoms with Crippen LogP contribution in [0.3, 0.4) is 0 Å². The fourth-order valence-corrected chi connectivity index (χ4v) is 1.99. The normalized spacial score (nSPS) is 11.3. The molecule has 0 saturated heterocycles. The molecular formula is C11H16N4OS. The highest BCUT2D eigenvalue weighted by molar-refractivity contribution is 7.15. The van der Waals surface area contributed by atoms with E-state index in [1.165, 1.54) is 11.3 Å². The number of nitrogens with zero attached hydrogens (tertiary/aromatic N) is 3. The smallest absolute Gasteiger partial charge is 0.246 e. The van der Waals surface area contributed by atoms with E-state index in [0.29, 0.717) is 11.0 Å². The topological polar surface area (TPSA) is 78.7 Å². The Morgan fingerprint density at radius 3 is 2.71 bits per heavy atom. The predicted molar refractivity (Wildman–Crippen MR) is 66.5 cm³/mol. The molecule has 1 heterocycles. The van der Waals surface area contributed by atoms with E-state index in [1.807, 2.05) is 6.07 Å². The quantitative estimate of drug-likeness (QED) is 0.891. The SMILES string of the molecule is CC(C)Cc1nnc(NC(=O)C(C)(C)C#N)s1. The first-order valence-corrected chi connectivity index (χ1v) is 6.22. The Hall–Kier alpha value is -1.48. The van der Waals surface area contributed by atoms with Crippen LogP contribution in [0, 0.1) is 22.7 Å². The van der Waals surface area contributed by atoms with E-state index in [9.17, 15) is 4.79 Å². The van der Waals surface area contributed by atoms with Gasteiger partial charge in [0.25, 0.3) is 0 Å². The lowest BCUT2D eigenvalue weighted by molar-refractivity contribution is -0.121. The van der Waals surface area contributed by atoms with Gasteiger partial charge in [0, 0.05) is 6.42 Å². The van der Waals surface area contributed by atoms with Gasteiger partial charge in [-0.15, -0.1) is 10.2 Å². The van der Waals surface area contributed by atoms with Gasteiger partial charge < -0.3 is 0 Å². The average Bonchev–Trinajstić information content (AvgIpc) is 2.64. The van der Waals surface area contributed by atoms with Crippen LogP contribution in [0.1, 0.15) is 32.7 Å². The highest BCUT2D eigenvalue weighted by Gasteiger charge is 2.28. The summed E-state index contributed by atoms with van der Waals surface area (Å²) in [6.45, 7) is 7.33. The van der Waals surface area contributed by atoms with Gasteiger partial charge in [-0.1, -0.05) is 25.2 Å². The molecule has 0 aliphatic rings. The molecule has 0 bridgehead atoms. The monoisotopic (exact) mass is 252 g/mol. The van der Waals surface area contributed by atoms with Crippen LogP contribution in [-0.2, 0) is 11.2 Å². The van der Waals surface area contributed by atoms with Crippen molar-refractivity contribution >= 4 is 22.4 Å². The van der Waals surface area contributed by atoms with Crippen LogP contribution in [0.5, 0.6) is 0 Å². The van der Waals surface area contributed by atoms with Gasteiger partial charge in [0.15, 0.2) is 0 Å². The van der Waals surface area contributed by atoms with E-state index < -0.39 is 5.41 Å². The maximum atomic E-state index is 11.7. The van der Waals surface area contributed by atoms with E-state index in [-0.39, 0.29) is 5.91 Å². The lowest BCUT2D eigenvalue weighted by Gasteiger charge is -2.12. The summed E-state index contributed by atoms with van der Waals surface area (Å²) in [5, 5.41) is 20.7. The largest absolute Gasteiger partial charge is 0.299 e. The summed E-state index contributed by atoms with van der Waals surface area (Å²) in [7, 11) is 0. The van der Waals surface area contributed by atoms with Crippen molar-refractivity contribution in [3.63, 3.8) is 0 Å². The first-order valence-electron chi connectivity index (χ1n) is 5.40. The van der Waals surface area contributed by atoms with E-state index >= 15 is 0 Å². The summed E-state index contributed by atoms with van der Waals surface area (Å²) in [5.41, 5.74) is -1.05. The number of hydrogen-bond donors (Lipinski definition) is 1. The Morgan fingerprint density at radius 1 is 1.53 bits per heavy atom. The zero-order valence-corrected chi connectivity index (χ0v) is 11.3. The zero-order chi connectivity index (χ0) is 13.1. The minimum Gasteiger partial charge on any atom is -0.299 e. The number of anilines is 1. The van der Waals surface area contributed by atoms with Gasteiger partial charge >= 0.3 is 0 Å². The Balaban J connectivity index is 2.68. The van der Waals surface area contributed by atoms with E-state index in [1.54, 1.807) is 13.8 Å². The van der Waals surface area contributed by atoms with Crippen LogP contribution in [0.15, 0.2) is 0 Å². The maximum absolute atomic E-state index is 11.7. The third-order valence-electron chi connectivity index (χ3n) is 2.12. The Bertz CT molecular complexity index is 445. The summed E-state index contributed by atoms with van der Waals surface area (Å²) in [6.07, 6.45) is 0.842. The molecule has 5 nitrogen and oxygen atoms in total. The molecule has 1 rings (SSSR count).